The van der Waals surface area contributed by atoms with E-state index in [1.807, 2.05) is 13.8 Å². The van der Waals surface area contributed by atoms with Gasteiger partial charge in [0.15, 0.2) is 0 Å². The highest BCUT2D eigenvalue weighted by Crippen LogP contribution is 2.05. The van der Waals surface area contributed by atoms with Gasteiger partial charge in [0.05, 0.1) is 52.9 Å². The number of hydrogen-bond acceptors (Lipinski definition) is 6. The lowest BCUT2D eigenvalue weighted by Crippen LogP contribution is -2.27. The average Bonchev–Trinajstić information content (AvgIpc) is 2.64. The predicted molar refractivity (Wildman–Crippen MR) is 109 cm³/mol. The fourth-order valence-corrected chi connectivity index (χ4v) is 2.25. The van der Waals surface area contributed by atoms with Crippen molar-refractivity contribution in [1.29, 1.82) is 0 Å². The first-order chi connectivity index (χ1) is 13.4. The van der Waals surface area contributed by atoms with Gasteiger partial charge in [0, 0.05) is 25.3 Å². The van der Waals surface area contributed by atoms with Crippen LogP contribution in [0.3, 0.4) is 0 Å². The van der Waals surface area contributed by atoms with Crippen LogP contribution >= 0.6 is 0 Å². The molecule has 0 fully saturated rings. The van der Waals surface area contributed by atoms with Crippen molar-refractivity contribution < 1.29 is 28.5 Å². The number of amides is 1. The third-order valence-electron chi connectivity index (χ3n) is 4.01. The minimum absolute atomic E-state index is 0.0688. The lowest BCUT2D eigenvalue weighted by atomic mass is 10.1. The van der Waals surface area contributed by atoms with Gasteiger partial charge in [-0.15, -0.1) is 0 Å². The smallest absolute Gasteiger partial charge is 0.220 e. The lowest BCUT2D eigenvalue weighted by Gasteiger charge is -2.09. The number of nitrogens with one attached hydrogen (secondary N) is 1. The Morgan fingerprint density at radius 1 is 0.714 bits per heavy atom. The second-order valence-electron chi connectivity index (χ2n) is 7.46. The first-order valence-electron chi connectivity index (χ1n) is 10.5. The van der Waals surface area contributed by atoms with Gasteiger partial charge in [0.1, 0.15) is 5.78 Å². The maximum absolute atomic E-state index is 11.6. The number of hydrogen-bond donors (Lipinski definition) is 1. The zero-order valence-electron chi connectivity index (χ0n) is 18.3. The molecule has 7 nitrogen and oxygen atoms in total. The molecule has 0 spiro atoms. The Morgan fingerprint density at radius 2 is 1.21 bits per heavy atom. The molecule has 0 aliphatic heterocycles. The molecule has 166 valence electrons. The number of ketones is 1. The highest BCUT2D eigenvalue weighted by Gasteiger charge is 2.06. The van der Waals surface area contributed by atoms with Gasteiger partial charge in [-0.3, -0.25) is 9.59 Å². The van der Waals surface area contributed by atoms with Crippen molar-refractivity contribution in [2.45, 2.75) is 53.4 Å². The van der Waals surface area contributed by atoms with Gasteiger partial charge in [0.25, 0.3) is 0 Å². The average molecular weight is 404 g/mol. The van der Waals surface area contributed by atoms with E-state index < -0.39 is 0 Å². The van der Waals surface area contributed by atoms with Gasteiger partial charge in [-0.2, -0.15) is 0 Å². The van der Waals surface area contributed by atoms with Crippen molar-refractivity contribution >= 4 is 11.7 Å². The number of carbonyl (C=O) groups is 2. The molecule has 0 aliphatic carbocycles. The topological polar surface area (TPSA) is 83.1 Å². The molecule has 1 amide bonds. The standard InChI is InChI=1S/C21H41NO6/c1-18(2)6-5-7-21(24)22-9-11-26-13-15-28-17-16-27-14-12-25-10-8-20(23)19(3)4/h18-19H,5-17H2,1-4H3,(H,22,24). The molecule has 0 aromatic rings. The molecule has 0 unspecified atom stereocenters. The Balaban J connectivity index is 3.18. The van der Waals surface area contributed by atoms with E-state index in [2.05, 4.69) is 19.2 Å². The van der Waals surface area contributed by atoms with Crippen LogP contribution in [-0.4, -0.2) is 71.1 Å². The summed E-state index contributed by atoms with van der Waals surface area (Å²) >= 11 is 0. The van der Waals surface area contributed by atoms with Crippen LogP contribution in [0.1, 0.15) is 53.4 Å². The van der Waals surface area contributed by atoms with E-state index in [4.69, 9.17) is 18.9 Å². The summed E-state index contributed by atoms with van der Waals surface area (Å²) in [7, 11) is 0. The number of rotatable bonds is 20. The molecule has 0 aromatic carbocycles. The molecule has 28 heavy (non-hydrogen) atoms. The summed E-state index contributed by atoms with van der Waals surface area (Å²) in [5.41, 5.74) is 0. The number of Topliss-reactive ketones (excluding diaryl/α,β-unsaturated/α-hetero) is 1. The molecule has 1 N–H and O–H groups in total. The van der Waals surface area contributed by atoms with Crippen molar-refractivity contribution in [3.05, 3.63) is 0 Å². The molecule has 0 aliphatic rings. The second-order valence-corrected chi connectivity index (χ2v) is 7.46. The van der Waals surface area contributed by atoms with Crippen molar-refractivity contribution in [1.82, 2.24) is 5.32 Å². The van der Waals surface area contributed by atoms with E-state index in [0.717, 1.165) is 12.8 Å². The first-order valence-corrected chi connectivity index (χ1v) is 10.5. The summed E-state index contributed by atoms with van der Waals surface area (Å²) in [6.45, 7) is 12.6. The van der Waals surface area contributed by atoms with Crippen molar-refractivity contribution in [2.24, 2.45) is 11.8 Å². The normalized spacial score (nSPS) is 11.4. The molecule has 0 aromatic heterocycles. The highest BCUT2D eigenvalue weighted by atomic mass is 16.6. The van der Waals surface area contributed by atoms with Gasteiger partial charge in [0.2, 0.25) is 5.91 Å². The molecule has 0 bridgehead atoms. The van der Waals surface area contributed by atoms with Crippen LogP contribution < -0.4 is 5.32 Å². The van der Waals surface area contributed by atoms with Gasteiger partial charge < -0.3 is 24.3 Å². The lowest BCUT2D eigenvalue weighted by molar-refractivity contribution is -0.123. The summed E-state index contributed by atoms with van der Waals surface area (Å²) < 4.78 is 21.5. The van der Waals surface area contributed by atoms with Crippen LogP contribution in [0.25, 0.3) is 0 Å². The summed E-state index contributed by atoms with van der Waals surface area (Å²) in [5.74, 6) is 1.02. The molecule has 0 atom stereocenters. The minimum atomic E-state index is 0.0688. The molecular weight excluding hydrogens is 362 g/mol. The fourth-order valence-electron chi connectivity index (χ4n) is 2.25. The maximum atomic E-state index is 11.6. The summed E-state index contributed by atoms with van der Waals surface area (Å²) in [6, 6.07) is 0. The molecule has 7 heteroatoms. The van der Waals surface area contributed by atoms with E-state index in [9.17, 15) is 9.59 Å². The van der Waals surface area contributed by atoms with Crippen LogP contribution in [0.5, 0.6) is 0 Å². The van der Waals surface area contributed by atoms with Crippen molar-refractivity contribution in [3.8, 4) is 0 Å². The summed E-state index contributed by atoms with van der Waals surface area (Å²) in [6.07, 6.45) is 3.06. The summed E-state index contributed by atoms with van der Waals surface area (Å²) in [4.78, 5) is 23.0. The second kappa shape index (κ2) is 19.3. The van der Waals surface area contributed by atoms with Crippen LogP contribution in [0, 0.1) is 11.8 Å². The largest absolute Gasteiger partial charge is 0.379 e. The molecule has 0 heterocycles. The Kier molecular flexibility index (Phi) is 18.6. The Labute approximate surface area is 170 Å². The van der Waals surface area contributed by atoms with Crippen LogP contribution in [0.15, 0.2) is 0 Å². The first kappa shape index (κ1) is 27.0. The zero-order chi connectivity index (χ0) is 21.0. The van der Waals surface area contributed by atoms with E-state index in [1.54, 1.807) is 0 Å². The van der Waals surface area contributed by atoms with Gasteiger partial charge >= 0.3 is 0 Å². The SMILES string of the molecule is CC(C)CCCC(=O)NCCOCCOCCOCCOCCC(=O)C(C)C. The molecule has 0 rings (SSSR count). The number of carbonyl (C=O) groups excluding carboxylic acids is 2. The van der Waals surface area contributed by atoms with Gasteiger partial charge in [-0.25, -0.2) is 0 Å². The van der Waals surface area contributed by atoms with Crippen LogP contribution in [-0.2, 0) is 28.5 Å². The van der Waals surface area contributed by atoms with E-state index >= 15 is 0 Å². The maximum Gasteiger partial charge on any atom is 0.220 e. The molecular formula is C21H41NO6. The van der Waals surface area contributed by atoms with Gasteiger partial charge in [-0.05, 0) is 12.3 Å². The van der Waals surface area contributed by atoms with E-state index in [0.29, 0.717) is 78.2 Å². The Hall–Kier alpha value is -1.02. The molecule has 0 saturated carbocycles. The Morgan fingerprint density at radius 3 is 1.71 bits per heavy atom. The molecule has 0 radical (unpaired) electrons. The zero-order valence-corrected chi connectivity index (χ0v) is 18.3. The fraction of sp³-hybridized carbons (Fsp3) is 0.905. The predicted octanol–water partition coefficient (Wildman–Crippen LogP) is 2.61. The third-order valence-corrected chi connectivity index (χ3v) is 4.01. The van der Waals surface area contributed by atoms with Crippen molar-refractivity contribution in [2.75, 3.05) is 59.4 Å². The van der Waals surface area contributed by atoms with Gasteiger partial charge in [-0.1, -0.05) is 34.1 Å². The summed E-state index contributed by atoms with van der Waals surface area (Å²) in [5, 5.41) is 2.85. The monoisotopic (exact) mass is 403 g/mol. The minimum Gasteiger partial charge on any atom is -0.379 e. The number of ether oxygens (including phenoxy) is 4. The van der Waals surface area contributed by atoms with Crippen LogP contribution in [0.2, 0.25) is 0 Å². The van der Waals surface area contributed by atoms with Crippen molar-refractivity contribution in [3.63, 3.8) is 0 Å². The van der Waals surface area contributed by atoms with Crippen LogP contribution in [0.4, 0.5) is 0 Å². The Bertz CT molecular complexity index is 387. The molecule has 0 saturated heterocycles. The van der Waals surface area contributed by atoms with E-state index in [1.165, 1.54) is 0 Å². The quantitative estimate of drug-likeness (QED) is 0.315. The highest BCUT2D eigenvalue weighted by molar-refractivity contribution is 5.80. The van der Waals surface area contributed by atoms with E-state index in [-0.39, 0.29) is 17.6 Å². The third kappa shape index (κ3) is 19.7.